The van der Waals surface area contributed by atoms with Crippen LogP contribution >= 0.6 is 11.3 Å². The highest BCUT2D eigenvalue weighted by Crippen LogP contribution is 2.26. The second-order valence-electron chi connectivity index (χ2n) is 1.59. The summed E-state index contributed by atoms with van der Waals surface area (Å²) in [5.74, 6) is 0. The van der Waals surface area contributed by atoms with Crippen LogP contribution in [0.4, 0.5) is 0 Å². The average Bonchev–Trinajstić information content (AvgIpc) is 2.22. The van der Waals surface area contributed by atoms with Gasteiger partial charge in [0.25, 0.3) is 5.19 Å². The molecular weight excluding hydrogens is 138 g/mol. The first-order valence-corrected chi connectivity index (χ1v) is 3.21. The van der Waals surface area contributed by atoms with Gasteiger partial charge in [-0.15, -0.1) is 0 Å². The predicted molar refractivity (Wildman–Crippen MR) is 33.6 cm³/mol. The molecule has 1 N–H and O–H groups in total. The highest BCUT2D eigenvalue weighted by molar-refractivity contribution is 7.20. The van der Waals surface area contributed by atoms with Gasteiger partial charge in [-0.1, -0.05) is 11.3 Å². The van der Waals surface area contributed by atoms with Gasteiger partial charge in [0.05, 0.1) is 11.0 Å². The summed E-state index contributed by atoms with van der Waals surface area (Å²) in [5, 5.41) is 8.85. The maximum atomic E-state index is 8.79. The van der Waals surface area contributed by atoms with Crippen molar-refractivity contribution in [2.24, 2.45) is 0 Å². The normalized spacial score (nSPS) is 10.7. The van der Waals surface area contributed by atoms with Crippen molar-refractivity contribution in [3.05, 3.63) is 12.3 Å². The Balaban J connectivity index is 2.92. The van der Waals surface area contributed by atoms with Crippen molar-refractivity contribution < 1.29 is 9.52 Å². The number of rotatable bonds is 0. The van der Waals surface area contributed by atoms with Gasteiger partial charge in [-0.2, -0.15) is 4.98 Å². The molecule has 0 spiro atoms. The van der Waals surface area contributed by atoms with Crippen LogP contribution in [-0.2, 0) is 0 Å². The van der Waals surface area contributed by atoms with E-state index < -0.39 is 0 Å². The van der Waals surface area contributed by atoms with Crippen molar-refractivity contribution in [2.75, 3.05) is 0 Å². The summed E-state index contributed by atoms with van der Waals surface area (Å²) >= 11 is 1.21. The van der Waals surface area contributed by atoms with Crippen LogP contribution in [0.25, 0.3) is 10.4 Å². The first-order chi connectivity index (χ1) is 4.36. The molecule has 0 unspecified atom stereocenters. The summed E-state index contributed by atoms with van der Waals surface area (Å²) in [6.45, 7) is 0. The molecule has 2 aromatic rings. The monoisotopic (exact) mass is 141 g/mol. The van der Waals surface area contributed by atoms with Crippen molar-refractivity contribution >= 4 is 21.8 Å². The molecule has 0 saturated carbocycles. The Morgan fingerprint density at radius 2 is 2.56 bits per heavy atom. The van der Waals surface area contributed by atoms with Crippen LogP contribution in [0.3, 0.4) is 0 Å². The number of aromatic nitrogens is 1. The van der Waals surface area contributed by atoms with Crippen LogP contribution in [0.15, 0.2) is 16.7 Å². The van der Waals surface area contributed by atoms with E-state index in [2.05, 4.69) is 4.98 Å². The van der Waals surface area contributed by atoms with E-state index >= 15 is 0 Å². The first kappa shape index (κ1) is 4.81. The van der Waals surface area contributed by atoms with Gasteiger partial charge in [0.1, 0.15) is 0 Å². The van der Waals surface area contributed by atoms with E-state index in [1.54, 1.807) is 12.3 Å². The summed E-state index contributed by atoms with van der Waals surface area (Å²) in [7, 11) is 0. The highest BCUT2D eigenvalue weighted by Gasteiger charge is 2.02. The lowest BCUT2D eigenvalue weighted by molar-refractivity contribution is 0.468. The minimum Gasteiger partial charge on any atom is -0.486 e. The third kappa shape index (κ3) is 0.598. The third-order valence-corrected chi connectivity index (χ3v) is 1.81. The second kappa shape index (κ2) is 1.48. The van der Waals surface area contributed by atoms with E-state index in [1.165, 1.54) is 11.3 Å². The molecule has 0 fully saturated rings. The topological polar surface area (TPSA) is 46.3 Å². The number of fused-ring (bicyclic) bond motifs is 1. The standard InChI is InChI=1S/C5H3NO2S/c7-5-6-4-3(9-5)1-2-8-4/h1-2H,(H,6,7). The van der Waals surface area contributed by atoms with Crippen LogP contribution in [0.1, 0.15) is 0 Å². The van der Waals surface area contributed by atoms with Crippen LogP contribution in [0.2, 0.25) is 0 Å². The molecule has 0 radical (unpaired) electrons. The van der Waals surface area contributed by atoms with E-state index in [0.717, 1.165) is 4.70 Å². The van der Waals surface area contributed by atoms with Crippen LogP contribution < -0.4 is 0 Å². The summed E-state index contributed by atoms with van der Waals surface area (Å²) in [5.41, 5.74) is 0.512. The summed E-state index contributed by atoms with van der Waals surface area (Å²) < 4.78 is 5.76. The average molecular weight is 141 g/mol. The predicted octanol–water partition coefficient (Wildman–Crippen LogP) is 1.59. The quantitative estimate of drug-likeness (QED) is 0.606. The highest BCUT2D eigenvalue weighted by atomic mass is 32.1. The molecule has 2 aromatic heterocycles. The number of nitrogens with zero attached hydrogens (tertiary/aromatic N) is 1. The van der Waals surface area contributed by atoms with E-state index in [4.69, 9.17) is 9.52 Å². The number of hydrogen-bond acceptors (Lipinski definition) is 4. The molecule has 0 aliphatic rings. The Labute approximate surface area is 54.6 Å². The number of thiazole rings is 1. The number of aromatic hydroxyl groups is 1. The number of hydrogen-bond donors (Lipinski definition) is 1. The Bertz CT molecular complexity index is 296. The van der Waals surface area contributed by atoms with Crippen LogP contribution in [-0.4, -0.2) is 10.1 Å². The van der Waals surface area contributed by atoms with Gasteiger partial charge in [0.2, 0.25) is 5.71 Å². The van der Waals surface area contributed by atoms with Crippen LogP contribution in [0.5, 0.6) is 5.19 Å². The summed E-state index contributed by atoms with van der Waals surface area (Å²) in [4.78, 5) is 3.68. The molecule has 2 heterocycles. The maximum Gasteiger partial charge on any atom is 0.274 e. The molecule has 0 aromatic carbocycles. The van der Waals surface area contributed by atoms with Crippen molar-refractivity contribution in [3.8, 4) is 5.19 Å². The van der Waals surface area contributed by atoms with E-state index in [9.17, 15) is 0 Å². The molecule has 9 heavy (non-hydrogen) atoms. The van der Waals surface area contributed by atoms with Crippen molar-refractivity contribution in [1.29, 1.82) is 0 Å². The fraction of sp³-hybridized carbons (Fsp3) is 0. The van der Waals surface area contributed by atoms with Gasteiger partial charge in [0, 0.05) is 0 Å². The minimum atomic E-state index is 0.0596. The molecule has 0 saturated heterocycles. The fourth-order valence-corrected chi connectivity index (χ4v) is 1.29. The van der Waals surface area contributed by atoms with Gasteiger partial charge in [-0.25, -0.2) is 0 Å². The zero-order chi connectivity index (χ0) is 6.27. The van der Waals surface area contributed by atoms with Crippen LogP contribution in [0, 0.1) is 0 Å². The zero-order valence-corrected chi connectivity index (χ0v) is 5.18. The molecule has 0 aliphatic heterocycles. The molecule has 46 valence electrons. The Morgan fingerprint density at radius 1 is 1.67 bits per heavy atom. The lowest BCUT2D eigenvalue weighted by atomic mass is 10.6. The molecule has 2 rings (SSSR count). The molecule has 0 amide bonds. The molecule has 4 heteroatoms. The Kier molecular flexibility index (Phi) is 0.790. The molecular formula is C5H3NO2S. The SMILES string of the molecule is Oc1nc2occc2s1. The van der Waals surface area contributed by atoms with Gasteiger partial charge >= 0.3 is 0 Å². The third-order valence-electron chi connectivity index (χ3n) is 1.01. The van der Waals surface area contributed by atoms with E-state index in [1.807, 2.05) is 0 Å². The van der Waals surface area contributed by atoms with Gasteiger partial charge in [-0.05, 0) is 6.07 Å². The lowest BCUT2D eigenvalue weighted by Gasteiger charge is -1.70. The van der Waals surface area contributed by atoms with Gasteiger partial charge in [-0.3, -0.25) is 0 Å². The molecule has 3 nitrogen and oxygen atoms in total. The smallest absolute Gasteiger partial charge is 0.274 e. The van der Waals surface area contributed by atoms with Gasteiger partial charge < -0.3 is 9.52 Å². The minimum absolute atomic E-state index is 0.0596. The summed E-state index contributed by atoms with van der Waals surface area (Å²) in [6.07, 6.45) is 1.55. The Morgan fingerprint density at radius 3 is 3.33 bits per heavy atom. The molecule has 0 aliphatic carbocycles. The first-order valence-electron chi connectivity index (χ1n) is 2.39. The van der Waals surface area contributed by atoms with Crippen molar-refractivity contribution in [2.45, 2.75) is 0 Å². The van der Waals surface area contributed by atoms with Gasteiger partial charge in [0.15, 0.2) is 0 Å². The second-order valence-corrected chi connectivity index (χ2v) is 2.60. The van der Waals surface area contributed by atoms with E-state index in [0.29, 0.717) is 5.71 Å². The molecule has 0 bridgehead atoms. The van der Waals surface area contributed by atoms with E-state index in [-0.39, 0.29) is 5.19 Å². The van der Waals surface area contributed by atoms with Crippen molar-refractivity contribution in [3.63, 3.8) is 0 Å². The lowest BCUT2D eigenvalue weighted by Crippen LogP contribution is -1.55. The largest absolute Gasteiger partial charge is 0.486 e. The fourth-order valence-electron chi connectivity index (χ4n) is 0.657. The maximum absolute atomic E-state index is 8.79. The number of furan rings is 1. The Hall–Kier alpha value is -1.03. The summed E-state index contributed by atoms with van der Waals surface area (Å²) in [6, 6.07) is 1.77. The molecule has 0 atom stereocenters. The zero-order valence-electron chi connectivity index (χ0n) is 4.37. The van der Waals surface area contributed by atoms with Crippen molar-refractivity contribution in [1.82, 2.24) is 4.98 Å².